The van der Waals surface area contributed by atoms with Gasteiger partial charge in [-0.25, -0.2) is 0 Å². The molecule has 4 heteroatoms. The summed E-state index contributed by atoms with van der Waals surface area (Å²) in [7, 11) is 2.00. The van der Waals surface area contributed by atoms with Crippen molar-refractivity contribution in [2.75, 3.05) is 13.6 Å². The topological polar surface area (TPSA) is 58.6 Å². The second-order valence-corrected chi connectivity index (χ2v) is 5.67. The van der Waals surface area contributed by atoms with Crippen LogP contribution in [0.25, 0.3) is 0 Å². The van der Waals surface area contributed by atoms with Gasteiger partial charge in [0.15, 0.2) is 0 Å². The maximum Gasteiger partial charge on any atom is 0.303 e. The lowest BCUT2D eigenvalue weighted by Crippen LogP contribution is -2.34. The Morgan fingerprint density at radius 3 is 2.74 bits per heavy atom. The van der Waals surface area contributed by atoms with Crippen LogP contribution in [0.1, 0.15) is 38.5 Å². The van der Waals surface area contributed by atoms with Crippen LogP contribution < -0.4 is 5.32 Å². The Morgan fingerprint density at radius 2 is 2.05 bits per heavy atom. The van der Waals surface area contributed by atoms with E-state index in [2.05, 4.69) is 17.5 Å². The Hall–Kier alpha value is -0.870. The van der Waals surface area contributed by atoms with Gasteiger partial charge in [0, 0.05) is 18.9 Å². The van der Waals surface area contributed by atoms with Crippen LogP contribution in [0.2, 0.25) is 0 Å². The van der Waals surface area contributed by atoms with Crippen molar-refractivity contribution in [3.8, 4) is 0 Å². The zero-order chi connectivity index (χ0) is 13.7. The highest BCUT2D eigenvalue weighted by atomic mass is 16.5. The first-order chi connectivity index (χ1) is 9.22. The van der Waals surface area contributed by atoms with Gasteiger partial charge >= 0.3 is 5.97 Å². The van der Waals surface area contributed by atoms with Crippen LogP contribution in [0.4, 0.5) is 0 Å². The minimum absolute atomic E-state index is 0.268. The Morgan fingerprint density at radius 1 is 1.32 bits per heavy atom. The van der Waals surface area contributed by atoms with Crippen LogP contribution >= 0.6 is 0 Å². The molecule has 2 N–H and O–H groups in total. The van der Waals surface area contributed by atoms with E-state index in [1.165, 1.54) is 12.8 Å². The smallest absolute Gasteiger partial charge is 0.303 e. The fourth-order valence-electron chi connectivity index (χ4n) is 3.46. The maximum absolute atomic E-state index is 10.4. The number of carboxylic acids is 1. The molecule has 19 heavy (non-hydrogen) atoms. The van der Waals surface area contributed by atoms with Crippen molar-refractivity contribution < 1.29 is 14.6 Å². The zero-order valence-electron chi connectivity index (χ0n) is 11.7. The predicted octanol–water partition coefficient (Wildman–Crippen LogP) is 2.20. The summed E-state index contributed by atoms with van der Waals surface area (Å²) in [6.45, 7) is 1.04. The standard InChI is InChI=1S/C15H25NO3/c1-16-10-12-11(13-8-9-14(12)19-13)6-4-2-3-5-7-15(17)18/h2,4,11-14,16H,3,5-10H2,1H3,(H,17,18)/t11-,12+,13-,14+/m1/s1. The molecule has 2 fully saturated rings. The van der Waals surface area contributed by atoms with Gasteiger partial charge in [0.2, 0.25) is 0 Å². The van der Waals surface area contributed by atoms with Gasteiger partial charge in [-0.3, -0.25) is 4.79 Å². The molecular formula is C15H25NO3. The number of hydrogen-bond donors (Lipinski definition) is 2. The molecule has 2 bridgehead atoms. The first-order valence-electron chi connectivity index (χ1n) is 7.39. The Kier molecular flexibility index (Phi) is 5.40. The van der Waals surface area contributed by atoms with Crippen LogP contribution in [0, 0.1) is 11.8 Å². The molecular weight excluding hydrogens is 242 g/mol. The molecule has 108 valence electrons. The lowest BCUT2D eigenvalue weighted by Gasteiger charge is -2.26. The SMILES string of the molecule is CNC[C@H]1[C@@H](CC=CCCCC(=O)O)[C@H]2CC[C@@H]1O2. The summed E-state index contributed by atoms with van der Waals surface area (Å²) >= 11 is 0. The van der Waals surface area contributed by atoms with Crippen LogP contribution in [0.3, 0.4) is 0 Å². The Balaban J connectivity index is 1.72. The van der Waals surface area contributed by atoms with Gasteiger partial charge in [-0.2, -0.15) is 0 Å². The molecule has 4 nitrogen and oxygen atoms in total. The maximum atomic E-state index is 10.4. The van der Waals surface area contributed by atoms with E-state index in [-0.39, 0.29) is 6.42 Å². The summed E-state index contributed by atoms with van der Waals surface area (Å²) in [6, 6.07) is 0. The molecule has 0 spiro atoms. The molecule has 0 aromatic carbocycles. The number of allylic oxidation sites excluding steroid dienone is 2. The van der Waals surface area contributed by atoms with E-state index < -0.39 is 5.97 Å². The quantitative estimate of drug-likeness (QED) is 0.523. The van der Waals surface area contributed by atoms with Gasteiger partial charge in [-0.15, -0.1) is 0 Å². The van der Waals surface area contributed by atoms with E-state index in [9.17, 15) is 4.79 Å². The summed E-state index contributed by atoms with van der Waals surface area (Å²) < 4.78 is 6.01. The van der Waals surface area contributed by atoms with E-state index in [1.54, 1.807) is 0 Å². The number of fused-ring (bicyclic) bond motifs is 2. The number of carbonyl (C=O) groups is 1. The number of rotatable bonds is 8. The van der Waals surface area contributed by atoms with Gasteiger partial charge in [0.25, 0.3) is 0 Å². The van der Waals surface area contributed by atoms with Gasteiger partial charge in [-0.1, -0.05) is 12.2 Å². The van der Waals surface area contributed by atoms with Crippen LogP contribution in [-0.4, -0.2) is 36.9 Å². The van der Waals surface area contributed by atoms with Crippen LogP contribution in [0.5, 0.6) is 0 Å². The van der Waals surface area contributed by atoms with E-state index in [0.29, 0.717) is 24.0 Å². The molecule has 2 aliphatic rings. The van der Waals surface area contributed by atoms with E-state index in [4.69, 9.17) is 9.84 Å². The number of nitrogens with one attached hydrogen (secondary N) is 1. The van der Waals surface area contributed by atoms with E-state index >= 15 is 0 Å². The van der Waals surface area contributed by atoms with Crippen molar-refractivity contribution in [2.24, 2.45) is 11.8 Å². The molecule has 2 rings (SSSR count). The average molecular weight is 267 g/mol. The molecule has 2 saturated heterocycles. The van der Waals surface area contributed by atoms with E-state index in [0.717, 1.165) is 25.8 Å². The molecule has 0 unspecified atom stereocenters. The molecule has 0 amide bonds. The number of carboxylic acid groups (broad SMARTS) is 1. The van der Waals surface area contributed by atoms with Gasteiger partial charge in [0.05, 0.1) is 12.2 Å². The van der Waals surface area contributed by atoms with E-state index in [1.807, 2.05) is 7.05 Å². The van der Waals surface area contributed by atoms with Gasteiger partial charge in [-0.05, 0) is 45.1 Å². The molecule has 2 aliphatic heterocycles. The molecule has 0 aliphatic carbocycles. The van der Waals surface area contributed by atoms with Crippen molar-refractivity contribution in [3.63, 3.8) is 0 Å². The minimum atomic E-state index is -0.705. The van der Waals surface area contributed by atoms with Gasteiger partial charge in [0.1, 0.15) is 0 Å². The first kappa shape index (κ1) is 14.5. The monoisotopic (exact) mass is 267 g/mol. The summed E-state index contributed by atoms with van der Waals surface area (Å²) in [5.74, 6) is 0.582. The normalized spacial score (nSPS) is 33.3. The largest absolute Gasteiger partial charge is 0.481 e. The summed E-state index contributed by atoms with van der Waals surface area (Å²) in [5, 5.41) is 11.8. The first-order valence-corrected chi connectivity index (χ1v) is 7.39. The van der Waals surface area contributed by atoms with Crippen molar-refractivity contribution in [1.29, 1.82) is 0 Å². The number of aliphatic carboxylic acids is 1. The highest BCUT2D eigenvalue weighted by Crippen LogP contribution is 2.44. The molecule has 0 saturated carbocycles. The highest BCUT2D eigenvalue weighted by Gasteiger charge is 2.47. The molecule has 2 heterocycles. The number of ether oxygens (including phenoxy) is 1. The summed E-state index contributed by atoms with van der Waals surface area (Å²) in [5.41, 5.74) is 0. The Labute approximate surface area is 115 Å². The summed E-state index contributed by atoms with van der Waals surface area (Å²) in [4.78, 5) is 10.4. The minimum Gasteiger partial charge on any atom is -0.481 e. The van der Waals surface area contributed by atoms with Crippen molar-refractivity contribution in [3.05, 3.63) is 12.2 Å². The summed E-state index contributed by atoms with van der Waals surface area (Å²) in [6.07, 6.45) is 10.6. The third kappa shape index (κ3) is 3.80. The fourth-order valence-corrected chi connectivity index (χ4v) is 3.46. The van der Waals surface area contributed by atoms with Crippen molar-refractivity contribution >= 4 is 5.97 Å². The third-order valence-corrected chi connectivity index (χ3v) is 4.37. The lowest BCUT2D eigenvalue weighted by molar-refractivity contribution is -0.137. The molecule has 0 aromatic rings. The highest BCUT2D eigenvalue weighted by molar-refractivity contribution is 5.66. The van der Waals surface area contributed by atoms with Crippen LogP contribution in [-0.2, 0) is 9.53 Å². The molecule has 0 radical (unpaired) electrons. The zero-order valence-corrected chi connectivity index (χ0v) is 11.7. The molecule has 4 atom stereocenters. The second kappa shape index (κ2) is 7.06. The van der Waals surface area contributed by atoms with Crippen LogP contribution in [0.15, 0.2) is 12.2 Å². The van der Waals surface area contributed by atoms with Gasteiger partial charge < -0.3 is 15.2 Å². The fraction of sp³-hybridized carbons (Fsp3) is 0.800. The van der Waals surface area contributed by atoms with Crippen molar-refractivity contribution in [1.82, 2.24) is 5.32 Å². The molecule has 0 aromatic heterocycles. The number of hydrogen-bond acceptors (Lipinski definition) is 3. The number of unbranched alkanes of at least 4 members (excludes halogenated alkanes) is 1. The lowest BCUT2D eigenvalue weighted by atomic mass is 9.77. The van der Waals surface area contributed by atoms with Crippen molar-refractivity contribution in [2.45, 2.75) is 50.7 Å². The second-order valence-electron chi connectivity index (χ2n) is 5.67. The third-order valence-electron chi connectivity index (χ3n) is 4.37. The average Bonchev–Trinajstić information content (AvgIpc) is 2.95. The Bertz CT molecular complexity index is 329. The predicted molar refractivity (Wildman–Crippen MR) is 74.0 cm³/mol.